The van der Waals surface area contributed by atoms with Crippen molar-refractivity contribution in [2.45, 2.75) is 20.0 Å². The van der Waals surface area contributed by atoms with Crippen LogP contribution in [0.4, 0.5) is 0 Å². The lowest BCUT2D eigenvalue weighted by Gasteiger charge is -2.15. The fourth-order valence-electron chi connectivity index (χ4n) is 2.08. The van der Waals surface area contributed by atoms with Crippen molar-refractivity contribution in [2.75, 3.05) is 20.6 Å². The molecule has 1 amide bonds. The molecule has 2 rings (SSSR count). The molecule has 0 bridgehead atoms. The third-order valence-corrected chi connectivity index (χ3v) is 5.00. The lowest BCUT2D eigenvalue weighted by molar-refractivity contribution is -0.127. The van der Waals surface area contributed by atoms with E-state index in [-0.39, 0.29) is 36.4 Å². The Bertz CT molecular complexity index is 735. The molecule has 0 aliphatic carbocycles. The second-order valence-electron chi connectivity index (χ2n) is 5.81. The molecule has 0 saturated heterocycles. The minimum atomic E-state index is 0. The predicted octanol–water partition coefficient (Wildman–Crippen LogP) is 3.76. The van der Waals surface area contributed by atoms with Gasteiger partial charge in [-0.1, -0.05) is 28.1 Å². The molecule has 0 atom stereocenters. The van der Waals surface area contributed by atoms with Crippen LogP contribution in [-0.4, -0.2) is 37.4 Å². The maximum atomic E-state index is 11.8. The number of carbonyl (C=O) groups is 1. The second-order valence-corrected chi connectivity index (χ2v) is 7.76. The number of rotatable bonds is 6. The van der Waals surface area contributed by atoms with Crippen molar-refractivity contribution in [3.8, 4) is 0 Å². The summed E-state index contributed by atoms with van der Waals surface area (Å²) < 4.78 is 1.06. The number of aliphatic imine (C=N–C) groups is 1. The number of likely N-dealkylation sites (N-methyl/N-ethyl adjacent to an activating group) is 1. The van der Waals surface area contributed by atoms with Gasteiger partial charge in [0.1, 0.15) is 0 Å². The topological polar surface area (TPSA) is 56.7 Å². The SMILES string of the molecule is Cc1cc(Br)ccc1CN=C(NCC(=O)N(C)C)NCc1cccs1.I. The first-order valence-electron chi connectivity index (χ1n) is 7.95. The lowest BCUT2D eigenvalue weighted by atomic mass is 10.1. The van der Waals surface area contributed by atoms with Gasteiger partial charge in [-0.3, -0.25) is 4.79 Å². The normalized spacial score (nSPS) is 10.8. The third-order valence-electron chi connectivity index (χ3n) is 3.63. The monoisotopic (exact) mass is 550 g/mol. The Morgan fingerprint density at radius 3 is 2.65 bits per heavy atom. The molecular formula is C18H24BrIN4OS. The molecule has 1 aromatic carbocycles. The number of aryl methyl sites for hydroxylation is 1. The second kappa shape index (κ2) is 11.6. The van der Waals surface area contributed by atoms with E-state index >= 15 is 0 Å². The van der Waals surface area contributed by atoms with E-state index in [1.807, 2.05) is 17.5 Å². The van der Waals surface area contributed by atoms with Crippen molar-refractivity contribution in [1.29, 1.82) is 0 Å². The number of carbonyl (C=O) groups excluding carboxylic acids is 1. The Labute approximate surface area is 184 Å². The highest BCUT2D eigenvalue weighted by atomic mass is 127. The Morgan fingerprint density at radius 1 is 1.27 bits per heavy atom. The molecule has 8 heteroatoms. The summed E-state index contributed by atoms with van der Waals surface area (Å²) in [6.45, 7) is 3.51. The number of hydrogen-bond donors (Lipinski definition) is 2. The van der Waals surface area contributed by atoms with Crippen molar-refractivity contribution in [3.63, 3.8) is 0 Å². The van der Waals surface area contributed by atoms with Crippen molar-refractivity contribution < 1.29 is 4.79 Å². The van der Waals surface area contributed by atoms with Crippen molar-refractivity contribution >= 4 is 63.1 Å². The maximum Gasteiger partial charge on any atom is 0.241 e. The zero-order valence-corrected chi connectivity index (χ0v) is 19.8. The zero-order chi connectivity index (χ0) is 18.2. The minimum absolute atomic E-state index is 0. The van der Waals surface area contributed by atoms with Crippen LogP contribution in [0.15, 0.2) is 45.2 Å². The van der Waals surface area contributed by atoms with Gasteiger partial charge in [-0.25, -0.2) is 4.99 Å². The van der Waals surface area contributed by atoms with E-state index in [2.05, 4.69) is 56.7 Å². The van der Waals surface area contributed by atoms with E-state index in [1.54, 1.807) is 30.3 Å². The fourth-order valence-corrected chi connectivity index (χ4v) is 3.20. The van der Waals surface area contributed by atoms with Crippen molar-refractivity contribution in [1.82, 2.24) is 15.5 Å². The van der Waals surface area contributed by atoms with Crippen LogP contribution in [0, 0.1) is 6.92 Å². The number of guanidine groups is 1. The standard InChI is InChI=1S/C18H23BrN4OS.HI/c1-13-9-15(19)7-6-14(13)10-20-18(22-12-17(24)23(2)3)21-11-16-5-4-8-25-16;/h4-9H,10-12H2,1-3H3,(H2,20,21,22);1H. The minimum Gasteiger partial charge on any atom is -0.351 e. The van der Waals surface area contributed by atoms with Crippen LogP contribution >= 0.6 is 51.2 Å². The molecule has 0 aliphatic rings. The van der Waals surface area contributed by atoms with Gasteiger partial charge in [0.25, 0.3) is 0 Å². The average Bonchev–Trinajstić information content (AvgIpc) is 3.08. The van der Waals surface area contributed by atoms with Crippen LogP contribution in [0.2, 0.25) is 0 Å². The summed E-state index contributed by atoms with van der Waals surface area (Å²) >= 11 is 5.16. The molecule has 0 fully saturated rings. The van der Waals surface area contributed by atoms with Gasteiger partial charge in [-0.2, -0.15) is 0 Å². The summed E-state index contributed by atoms with van der Waals surface area (Å²) in [5.74, 6) is 0.636. The largest absolute Gasteiger partial charge is 0.351 e. The van der Waals surface area contributed by atoms with E-state index in [0.29, 0.717) is 19.0 Å². The lowest BCUT2D eigenvalue weighted by Crippen LogP contribution is -2.42. The molecule has 0 aliphatic heterocycles. The highest BCUT2D eigenvalue weighted by Crippen LogP contribution is 2.16. The van der Waals surface area contributed by atoms with E-state index in [9.17, 15) is 4.79 Å². The molecule has 142 valence electrons. The van der Waals surface area contributed by atoms with E-state index < -0.39 is 0 Å². The van der Waals surface area contributed by atoms with E-state index in [4.69, 9.17) is 0 Å². The average molecular weight is 551 g/mol. The molecule has 0 saturated carbocycles. The third kappa shape index (κ3) is 7.63. The molecule has 26 heavy (non-hydrogen) atoms. The molecular weight excluding hydrogens is 527 g/mol. The highest BCUT2D eigenvalue weighted by molar-refractivity contribution is 14.0. The molecule has 0 spiro atoms. The van der Waals surface area contributed by atoms with Gasteiger partial charge < -0.3 is 15.5 Å². The van der Waals surface area contributed by atoms with Gasteiger partial charge in [0.2, 0.25) is 5.91 Å². The highest BCUT2D eigenvalue weighted by Gasteiger charge is 2.07. The summed E-state index contributed by atoms with van der Waals surface area (Å²) in [7, 11) is 3.48. The number of halogens is 2. The molecule has 2 aromatic rings. The van der Waals surface area contributed by atoms with Crippen LogP contribution in [0.25, 0.3) is 0 Å². The number of benzene rings is 1. The molecule has 0 unspecified atom stereocenters. The van der Waals surface area contributed by atoms with Crippen LogP contribution in [0.3, 0.4) is 0 Å². The van der Waals surface area contributed by atoms with Crippen LogP contribution < -0.4 is 10.6 Å². The Balaban J connectivity index is 0.00000338. The van der Waals surface area contributed by atoms with Crippen molar-refractivity contribution in [2.24, 2.45) is 4.99 Å². The number of nitrogens with zero attached hydrogens (tertiary/aromatic N) is 2. The summed E-state index contributed by atoms with van der Waals surface area (Å²) in [5.41, 5.74) is 2.33. The summed E-state index contributed by atoms with van der Waals surface area (Å²) in [6.07, 6.45) is 0. The van der Waals surface area contributed by atoms with E-state index in [1.165, 1.54) is 10.4 Å². The quantitative estimate of drug-likeness (QED) is 0.327. The summed E-state index contributed by atoms with van der Waals surface area (Å²) in [6, 6.07) is 10.2. The molecule has 1 aromatic heterocycles. The Kier molecular flexibility index (Phi) is 10.2. The number of amides is 1. The van der Waals surface area contributed by atoms with Crippen LogP contribution in [-0.2, 0) is 17.9 Å². The van der Waals surface area contributed by atoms with Crippen LogP contribution in [0.1, 0.15) is 16.0 Å². The smallest absolute Gasteiger partial charge is 0.241 e. The number of hydrogen-bond acceptors (Lipinski definition) is 3. The van der Waals surface area contributed by atoms with Gasteiger partial charge in [-0.05, 0) is 41.6 Å². The first-order chi connectivity index (χ1) is 12.0. The number of nitrogens with one attached hydrogen (secondary N) is 2. The van der Waals surface area contributed by atoms with Gasteiger partial charge in [0.15, 0.2) is 5.96 Å². The fraction of sp³-hybridized carbons (Fsp3) is 0.333. The summed E-state index contributed by atoms with van der Waals surface area (Å²) in [4.78, 5) is 19.2. The molecule has 5 nitrogen and oxygen atoms in total. The molecule has 0 radical (unpaired) electrons. The maximum absolute atomic E-state index is 11.8. The first-order valence-corrected chi connectivity index (χ1v) is 9.62. The van der Waals surface area contributed by atoms with Crippen LogP contribution in [0.5, 0.6) is 0 Å². The number of thiophene rings is 1. The Morgan fingerprint density at radius 2 is 2.04 bits per heavy atom. The summed E-state index contributed by atoms with van der Waals surface area (Å²) in [5, 5.41) is 8.44. The Hall–Kier alpha value is -1.13. The van der Waals surface area contributed by atoms with E-state index in [0.717, 1.165) is 10.0 Å². The predicted molar refractivity (Wildman–Crippen MR) is 123 cm³/mol. The van der Waals surface area contributed by atoms with Gasteiger partial charge >= 0.3 is 0 Å². The molecule has 1 heterocycles. The van der Waals surface area contributed by atoms with Crippen molar-refractivity contribution in [3.05, 3.63) is 56.2 Å². The van der Waals surface area contributed by atoms with Gasteiger partial charge in [-0.15, -0.1) is 35.3 Å². The van der Waals surface area contributed by atoms with Gasteiger partial charge in [0, 0.05) is 23.4 Å². The first kappa shape index (κ1) is 22.9. The molecule has 2 N–H and O–H groups in total. The van der Waals surface area contributed by atoms with Gasteiger partial charge in [0.05, 0.1) is 19.6 Å². The zero-order valence-electron chi connectivity index (χ0n) is 15.1.